The van der Waals surface area contributed by atoms with E-state index in [1.54, 1.807) is 12.4 Å². The second-order valence-corrected chi connectivity index (χ2v) is 3.87. The molecule has 0 unspecified atom stereocenters. The van der Waals surface area contributed by atoms with Crippen molar-refractivity contribution in [2.45, 2.75) is 33.6 Å². The number of carbonyl (C=O) groups excluding carboxylic acids is 1. The molecule has 13 heavy (non-hydrogen) atoms. The summed E-state index contributed by atoms with van der Waals surface area (Å²) in [5, 5.41) is 0. The Hall–Kier alpha value is -1.12. The minimum Gasteiger partial charge on any atom is -0.348 e. The number of aromatic nitrogens is 2. The molecule has 1 N–H and O–H groups in total. The first-order chi connectivity index (χ1) is 6.06. The maximum atomic E-state index is 11.7. The monoisotopic (exact) mass is 180 g/mol. The molecule has 0 amide bonds. The molecule has 0 aliphatic rings. The molecular weight excluding hydrogens is 164 g/mol. The fraction of sp³-hybridized carbons (Fsp3) is 0.600. The Balaban J connectivity index is 2.61. The number of hydrogen-bond donors (Lipinski definition) is 1. The van der Waals surface area contributed by atoms with Gasteiger partial charge in [-0.3, -0.25) is 4.79 Å². The lowest BCUT2D eigenvalue weighted by Gasteiger charge is -2.19. The van der Waals surface area contributed by atoms with E-state index in [0.717, 1.165) is 12.2 Å². The van der Waals surface area contributed by atoms with E-state index in [2.05, 4.69) is 9.97 Å². The Bertz CT molecular complexity index is 275. The highest BCUT2D eigenvalue weighted by Crippen LogP contribution is 2.22. The first-order valence-corrected chi connectivity index (χ1v) is 4.58. The van der Waals surface area contributed by atoms with Crippen LogP contribution in [0.1, 0.15) is 33.0 Å². The van der Waals surface area contributed by atoms with E-state index < -0.39 is 0 Å². The SMILES string of the molecule is CCC(C)(C)C(=O)Cc1ncc[nH]1. The summed E-state index contributed by atoms with van der Waals surface area (Å²) in [5.41, 5.74) is -0.229. The number of nitrogens with one attached hydrogen (secondary N) is 1. The Labute approximate surface area is 78.6 Å². The maximum absolute atomic E-state index is 11.7. The van der Waals surface area contributed by atoms with Crippen LogP contribution in [-0.2, 0) is 11.2 Å². The predicted molar refractivity (Wildman–Crippen MR) is 51.4 cm³/mol. The van der Waals surface area contributed by atoms with Crippen molar-refractivity contribution in [2.24, 2.45) is 5.41 Å². The molecule has 0 saturated carbocycles. The third-order valence-electron chi connectivity index (χ3n) is 2.52. The first kappa shape index (κ1) is 9.96. The van der Waals surface area contributed by atoms with Crippen molar-refractivity contribution in [3.63, 3.8) is 0 Å². The van der Waals surface area contributed by atoms with Gasteiger partial charge in [-0.2, -0.15) is 0 Å². The zero-order valence-electron chi connectivity index (χ0n) is 8.42. The molecule has 0 radical (unpaired) electrons. The number of imidazole rings is 1. The molecule has 1 rings (SSSR count). The third kappa shape index (κ3) is 2.41. The molecule has 1 aromatic rings. The van der Waals surface area contributed by atoms with Crippen LogP contribution >= 0.6 is 0 Å². The number of Topliss-reactive ketones (excluding diaryl/α,β-unsaturated/α-hetero) is 1. The number of H-pyrrole nitrogens is 1. The molecule has 3 nitrogen and oxygen atoms in total. The van der Waals surface area contributed by atoms with Gasteiger partial charge in [-0.25, -0.2) is 4.98 Å². The summed E-state index contributed by atoms with van der Waals surface area (Å²) in [4.78, 5) is 18.7. The van der Waals surface area contributed by atoms with Gasteiger partial charge >= 0.3 is 0 Å². The van der Waals surface area contributed by atoms with Crippen LogP contribution in [0.4, 0.5) is 0 Å². The van der Waals surface area contributed by atoms with Crippen LogP contribution in [0.15, 0.2) is 12.4 Å². The Morgan fingerprint density at radius 1 is 1.62 bits per heavy atom. The minimum absolute atomic E-state index is 0.229. The summed E-state index contributed by atoms with van der Waals surface area (Å²) in [6, 6.07) is 0. The van der Waals surface area contributed by atoms with E-state index in [0.29, 0.717) is 6.42 Å². The first-order valence-electron chi connectivity index (χ1n) is 4.58. The number of aromatic amines is 1. The summed E-state index contributed by atoms with van der Waals surface area (Å²) < 4.78 is 0. The van der Waals surface area contributed by atoms with Crippen molar-refractivity contribution < 1.29 is 4.79 Å². The topological polar surface area (TPSA) is 45.8 Å². The van der Waals surface area contributed by atoms with Crippen molar-refractivity contribution in [3.05, 3.63) is 18.2 Å². The highest BCUT2D eigenvalue weighted by Gasteiger charge is 2.25. The predicted octanol–water partition coefficient (Wildman–Crippen LogP) is 1.96. The van der Waals surface area contributed by atoms with E-state index in [1.807, 2.05) is 20.8 Å². The van der Waals surface area contributed by atoms with Crippen LogP contribution in [0, 0.1) is 5.41 Å². The van der Waals surface area contributed by atoms with Gasteiger partial charge in [0.15, 0.2) is 0 Å². The highest BCUT2D eigenvalue weighted by molar-refractivity contribution is 5.85. The molecule has 0 aliphatic carbocycles. The van der Waals surface area contributed by atoms with Crippen LogP contribution in [-0.4, -0.2) is 15.8 Å². The average molecular weight is 180 g/mol. The molecule has 72 valence electrons. The fourth-order valence-corrected chi connectivity index (χ4v) is 0.983. The Morgan fingerprint density at radius 3 is 2.77 bits per heavy atom. The summed E-state index contributed by atoms with van der Waals surface area (Å²) in [6.07, 6.45) is 4.68. The second kappa shape index (κ2) is 3.73. The molecule has 0 aromatic carbocycles. The molecular formula is C10H16N2O. The Kier molecular flexibility index (Phi) is 2.86. The van der Waals surface area contributed by atoms with Crippen molar-refractivity contribution in [1.29, 1.82) is 0 Å². The lowest BCUT2D eigenvalue weighted by molar-refractivity contribution is -0.126. The lowest BCUT2D eigenvalue weighted by atomic mass is 9.84. The number of rotatable bonds is 4. The van der Waals surface area contributed by atoms with Gasteiger partial charge in [0.2, 0.25) is 0 Å². The van der Waals surface area contributed by atoms with Crippen molar-refractivity contribution in [1.82, 2.24) is 9.97 Å². The summed E-state index contributed by atoms with van der Waals surface area (Å²) >= 11 is 0. The van der Waals surface area contributed by atoms with Gasteiger partial charge < -0.3 is 4.98 Å². The molecule has 1 heterocycles. The van der Waals surface area contributed by atoms with E-state index in [4.69, 9.17) is 0 Å². The summed E-state index contributed by atoms with van der Waals surface area (Å²) in [7, 11) is 0. The van der Waals surface area contributed by atoms with E-state index >= 15 is 0 Å². The number of nitrogens with zero attached hydrogens (tertiary/aromatic N) is 1. The quantitative estimate of drug-likeness (QED) is 0.769. The van der Waals surface area contributed by atoms with Crippen molar-refractivity contribution in [3.8, 4) is 0 Å². The normalized spacial score (nSPS) is 11.6. The molecule has 0 fully saturated rings. The molecule has 3 heteroatoms. The Morgan fingerprint density at radius 2 is 2.31 bits per heavy atom. The van der Waals surface area contributed by atoms with Crippen LogP contribution in [0.2, 0.25) is 0 Å². The lowest BCUT2D eigenvalue weighted by Crippen LogP contribution is -2.25. The largest absolute Gasteiger partial charge is 0.348 e. The minimum atomic E-state index is -0.229. The van der Waals surface area contributed by atoms with Gasteiger partial charge in [0.25, 0.3) is 0 Å². The van der Waals surface area contributed by atoms with Gasteiger partial charge in [0, 0.05) is 17.8 Å². The molecule has 0 bridgehead atoms. The van der Waals surface area contributed by atoms with Gasteiger partial charge in [-0.15, -0.1) is 0 Å². The van der Waals surface area contributed by atoms with Crippen LogP contribution in [0.5, 0.6) is 0 Å². The fourth-order valence-electron chi connectivity index (χ4n) is 0.983. The van der Waals surface area contributed by atoms with E-state index in [9.17, 15) is 4.79 Å². The van der Waals surface area contributed by atoms with Crippen LogP contribution in [0.25, 0.3) is 0 Å². The average Bonchev–Trinajstić information content (AvgIpc) is 2.57. The van der Waals surface area contributed by atoms with E-state index in [1.165, 1.54) is 0 Å². The van der Waals surface area contributed by atoms with E-state index in [-0.39, 0.29) is 11.2 Å². The highest BCUT2D eigenvalue weighted by atomic mass is 16.1. The second-order valence-electron chi connectivity index (χ2n) is 3.87. The molecule has 0 spiro atoms. The van der Waals surface area contributed by atoms with Gasteiger partial charge in [-0.05, 0) is 6.42 Å². The smallest absolute Gasteiger partial charge is 0.145 e. The molecule has 1 aromatic heterocycles. The number of ketones is 1. The zero-order chi connectivity index (χ0) is 9.90. The van der Waals surface area contributed by atoms with Gasteiger partial charge in [0.1, 0.15) is 11.6 Å². The molecule has 0 atom stereocenters. The van der Waals surface area contributed by atoms with Gasteiger partial charge in [-0.1, -0.05) is 20.8 Å². The van der Waals surface area contributed by atoms with Crippen molar-refractivity contribution in [2.75, 3.05) is 0 Å². The molecule has 0 saturated heterocycles. The standard InChI is InChI=1S/C10H16N2O/c1-4-10(2,3)8(13)7-9-11-5-6-12-9/h5-6H,4,7H2,1-3H3,(H,11,12). The third-order valence-corrected chi connectivity index (χ3v) is 2.52. The van der Waals surface area contributed by atoms with Crippen LogP contribution < -0.4 is 0 Å². The van der Waals surface area contributed by atoms with Gasteiger partial charge in [0.05, 0.1) is 6.42 Å². The summed E-state index contributed by atoms with van der Waals surface area (Å²) in [6.45, 7) is 5.97. The number of hydrogen-bond acceptors (Lipinski definition) is 2. The number of carbonyl (C=O) groups is 1. The maximum Gasteiger partial charge on any atom is 0.145 e. The van der Waals surface area contributed by atoms with Crippen LogP contribution in [0.3, 0.4) is 0 Å². The zero-order valence-corrected chi connectivity index (χ0v) is 8.42. The molecule has 0 aliphatic heterocycles. The van der Waals surface area contributed by atoms with Crippen molar-refractivity contribution >= 4 is 5.78 Å². The summed E-state index contributed by atoms with van der Waals surface area (Å²) in [5.74, 6) is 0.997.